The van der Waals surface area contributed by atoms with Crippen molar-refractivity contribution < 1.29 is 4.79 Å². The Hall–Kier alpha value is -2.76. The molecule has 1 aromatic carbocycles. The predicted molar refractivity (Wildman–Crippen MR) is 106 cm³/mol. The van der Waals surface area contributed by atoms with E-state index in [9.17, 15) is 4.79 Å². The van der Waals surface area contributed by atoms with Gasteiger partial charge in [-0.3, -0.25) is 4.79 Å². The van der Waals surface area contributed by atoms with Gasteiger partial charge in [-0.2, -0.15) is 0 Å². The molecule has 0 aliphatic heterocycles. The molecule has 1 aromatic heterocycles. The van der Waals surface area contributed by atoms with Crippen LogP contribution in [0.15, 0.2) is 30.5 Å². The molecule has 1 saturated carbocycles. The van der Waals surface area contributed by atoms with Gasteiger partial charge in [-0.05, 0) is 52.7 Å². The first-order chi connectivity index (χ1) is 12.3. The highest BCUT2D eigenvalue weighted by atomic mass is 16.1. The van der Waals surface area contributed by atoms with Crippen LogP contribution in [0.5, 0.6) is 0 Å². The van der Waals surface area contributed by atoms with Crippen molar-refractivity contribution in [3.05, 3.63) is 47.5 Å². The van der Waals surface area contributed by atoms with Crippen LogP contribution >= 0.6 is 0 Å². The Bertz CT molecular complexity index is 823. The maximum Gasteiger partial charge on any atom is 0.260 e. The lowest BCUT2D eigenvalue weighted by Crippen LogP contribution is -2.26. The quantitative estimate of drug-likeness (QED) is 0.616. The molecule has 1 aliphatic carbocycles. The number of amides is 1. The molecule has 3 rings (SSSR count). The second kappa shape index (κ2) is 6.86. The van der Waals surface area contributed by atoms with E-state index in [1.54, 1.807) is 0 Å². The summed E-state index contributed by atoms with van der Waals surface area (Å²) in [5.41, 5.74) is 8.88. The van der Waals surface area contributed by atoms with Crippen LogP contribution in [0, 0.1) is 6.92 Å². The summed E-state index contributed by atoms with van der Waals surface area (Å²) in [6.07, 6.45) is 3.58. The first-order valence-electron chi connectivity index (χ1n) is 8.95. The Morgan fingerprint density at radius 2 is 1.92 bits per heavy atom. The average molecular weight is 353 g/mol. The van der Waals surface area contributed by atoms with Crippen LogP contribution < -0.4 is 16.4 Å². The second-order valence-electron chi connectivity index (χ2n) is 7.90. The molecule has 0 unspecified atom stereocenters. The summed E-state index contributed by atoms with van der Waals surface area (Å²) in [5, 5.41) is 6.30. The Morgan fingerprint density at radius 1 is 1.27 bits per heavy atom. The molecular weight excluding hydrogens is 326 g/mol. The largest absolute Gasteiger partial charge is 0.404 e. The number of aryl methyl sites for hydroxylation is 1. The predicted octanol–water partition coefficient (Wildman–Crippen LogP) is 3.74. The third-order valence-corrected chi connectivity index (χ3v) is 4.19. The molecule has 1 heterocycles. The van der Waals surface area contributed by atoms with Crippen molar-refractivity contribution in [1.29, 1.82) is 0 Å². The standard InChI is InChI=1S/C20H27N5O/c1-12-5-9-14(10-6-12)22-19(26)15(11-21)17-23-16(13-7-8-13)18(24-17)25-20(2,3)4/h5-6,9-11,13,25H,7-8,21H2,1-4H3,(H,22,26)(H,23,24)/b15-11+. The lowest BCUT2D eigenvalue weighted by Gasteiger charge is -2.21. The lowest BCUT2D eigenvalue weighted by atomic mass is 10.1. The van der Waals surface area contributed by atoms with Crippen molar-refractivity contribution in [2.24, 2.45) is 5.73 Å². The van der Waals surface area contributed by atoms with Crippen molar-refractivity contribution in [2.75, 3.05) is 10.6 Å². The van der Waals surface area contributed by atoms with E-state index in [0.29, 0.717) is 17.3 Å². The Kier molecular flexibility index (Phi) is 4.76. The van der Waals surface area contributed by atoms with Crippen LogP contribution in [0.3, 0.4) is 0 Å². The lowest BCUT2D eigenvalue weighted by molar-refractivity contribution is -0.111. The fourth-order valence-corrected chi connectivity index (χ4v) is 2.73. The van der Waals surface area contributed by atoms with E-state index in [0.717, 1.165) is 35.6 Å². The molecular formula is C20H27N5O. The number of aromatic amines is 1. The van der Waals surface area contributed by atoms with Crippen LogP contribution in [0.2, 0.25) is 0 Å². The van der Waals surface area contributed by atoms with Crippen molar-refractivity contribution in [3.63, 3.8) is 0 Å². The highest BCUT2D eigenvalue weighted by molar-refractivity contribution is 6.24. The van der Waals surface area contributed by atoms with Crippen LogP contribution in [0.4, 0.5) is 11.5 Å². The SMILES string of the molecule is Cc1ccc(NC(=O)/C(=C/N)c2nc(NC(C)(C)C)c(C3CC3)[nH]2)cc1. The van der Waals surface area contributed by atoms with Gasteiger partial charge < -0.3 is 21.4 Å². The molecule has 0 bridgehead atoms. The monoisotopic (exact) mass is 353 g/mol. The summed E-state index contributed by atoms with van der Waals surface area (Å²) in [6.45, 7) is 8.26. The summed E-state index contributed by atoms with van der Waals surface area (Å²) < 4.78 is 0. The number of nitrogens with two attached hydrogens (primary N) is 1. The summed E-state index contributed by atoms with van der Waals surface area (Å²) in [6, 6.07) is 7.63. The molecule has 6 nitrogen and oxygen atoms in total. The Morgan fingerprint density at radius 3 is 2.46 bits per heavy atom. The van der Waals surface area contributed by atoms with Gasteiger partial charge in [-0.25, -0.2) is 4.98 Å². The molecule has 26 heavy (non-hydrogen) atoms. The molecule has 0 spiro atoms. The summed E-state index contributed by atoms with van der Waals surface area (Å²) in [5.74, 6) is 1.48. The number of nitrogens with one attached hydrogen (secondary N) is 3. The average Bonchev–Trinajstić information content (AvgIpc) is 3.32. The smallest absolute Gasteiger partial charge is 0.260 e. The van der Waals surface area contributed by atoms with Gasteiger partial charge in [-0.15, -0.1) is 0 Å². The molecule has 0 radical (unpaired) electrons. The second-order valence-corrected chi connectivity index (χ2v) is 7.90. The van der Waals surface area contributed by atoms with Gasteiger partial charge in [0.25, 0.3) is 5.91 Å². The third kappa shape index (κ3) is 4.25. The summed E-state index contributed by atoms with van der Waals surface area (Å²) in [4.78, 5) is 20.6. The van der Waals surface area contributed by atoms with Crippen molar-refractivity contribution in [3.8, 4) is 0 Å². The zero-order valence-electron chi connectivity index (χ0n) is 15.8. The van der Waals surface area contributed by atoms with Gasteiger partial charge in [0.1, 0.15) is 11.6 Å². The van der Waals surface area contributed by atoms with E-state index in [4.69, 9.17) is 5.73 Å². The van der Waals surface area contributed by atoms with Gasteiger partial charge in [0.05, 0.1) is 11.3 Å². The van der Waals surface area contributed by atoms with Crippen LogP contribution in [0.25, 0.3) is 5.57 Å². The summed E-state index contributed by atoms with van der Waals surface area (Å²) >= 11 is 0. The maximum atomic E-state index is 12.7. The number of hydrogen-bond acceptors (Lipinski definition) is 4. The van der Waals surface area contributed by atoms with E-state index in [1.165, 1.54) is 6.20 Å². The van der Waals surface area contributed by atoms with E-state index >= 15 is 0 Å². The fraction of sp³-hybridized carbons (Fsp3) is 0.400. The number of anilines is 2. The van der Waals surface area contributed by atoms with Crippen molar-refractivity contribution in [1.82, 2.24) is 9.97 Å². The van der Waals surface area contributed by atoms with Gasteiger partial charge in [-0.1, -0.05) is 17.7 Å². The zero-order chi connectivity index (χ0) is 18.9. The fourth-order valence-electron chi connectivity index (χ4n) is 2.73. The molecule has 1 amide bonds. The first kappa shape index (κ1) is 18.0. The van der Waals surface area contributed by atoms with Crippen molar-refractivity contribution >= 4 is 23.0 Å². The first-order valence-corrected chi connectivity index (χ1v) is 8.95. The van der Waals surface area contributed by atoms with Crippen molar-refractivity contribution in [2.45, 2.75) is 52.0 Å². The number of nitrogens with zero attached hydrogens (tertiary/aromatic N) is 1. The molecule has 0 saturated heterocycles. The maximum absolute atomic E-state index is 12.7. The zero-order valence-corrected chi connectivity index (χ0v) is 15.8. The van der Waals surface area contributed by atoms with E-state index in [1.807, 2.05) is 31.2 Å². The molecule has 1 fully saturated rings. The number of carbonyl (C=O) groups is 1. The summed E-state index contributed by atoms with van der Waals surface area (Å²) in [7, 11) is 0. The minimum Gasteiger partial charge on any atom is -0.404 e. The van der Waals surface area contributed by atoms with Gasteiger partial charge in [0, 0.05) is 23.3 Å². The van der Waals surface area contributed by atoms with Gasteiger partial charge >= 0.3 is 0 Å². The Balaban J connectivity index is 1.84. The molecule has 6 heteroatoms. The van der Waals surface area contributed by atoms with Crippen LogP contribution in [-0.2, 0) is 4.79 Å². The van der Waals surface area contributed by atoms with E-state index < -0.39 is 0 Å². The minimum absolute atomic E-state index is 0.118. The number of aromatic nitrogens is 2. The van der Waals surface area contributed by atoms with Gasteiger partial charge in [0.2, 0.25) is 0 Å². The number of carbonyl (C=O) groups excluding carboxylic acids is 1. The number of benzene rings is 1. The normalized spacial score (nSPS) is 15.0. The number of hydrogen-bond donors (Lipinski definition) is 4. The minimum atomic E-state index is -0.283. The topological polar surface area (TPSA) is 95.8 Å². The highest BCUT2D eigenvalue weighted by Crippen LogP contribution is 2.43. The van der Waals surface area contributed by atoms with Gasteiger partial charge in [0.15, 0.2) is 0 Å². The molecule has 0 atom stereocenters. The third-order valence-electron chi connectivity index (χ3n) is 4.19. The van der Waals surface area contributed by atoms with Crippen LogP contribution in [-0.4, -0.2) is 21.4 Å². The number of H-pyrrole nitrogens is 1. The highest BCUT2D eigenvalue weighted by Gasteiger charge is 2.31. The molecule has 1 aliphatic rings. The van der Waals surface area contributed by atoms with E-state index in [2.05, 4.69) is 41.4 Å². The molecule has 5 N–H and O–H groups in total. The molecule has 138 valence electrons. The number of imidazole rings is 1. The Labute approximate surface area is 154 Å². The molecule has 2 aromatic rings. The van der Waals surface area contributed by atoms with E-state index in [-0.39, 0.29) is 11.4 Å². The van der Waals surface area contributed by atoms with Crippen LogP contribution in [0.1, 0.15) is 56.6 Å². The number of rotatable bonds is 5.